The molecule has 0 heterocycles. The van der Waals surface area contributed by atoms with Crippen molar-refractivity contribution >= 4 is 5.97 Å². The minimum absolute atomic E-state index is 0.214. The van der Waals surface area contributed by atoms with Crippen LogP contribution < -0.4 is 0 Å². The van der Waals surface area contributed by atoms with Gasteiger partial charge in [-0.3, -0.25) is 4.79 Å². The Bertz CT molecular complexity index is 313. The van der Waals surface area contributed by atoms with Gasteiger partial charge in [0, 0.05) is 6.92 Å². The first kappa shape index (κ1) is 17.5. The van der Waals surface area contributed by atoms with Crippen molar-refractivity contribution in [3.63, 3.8) is 0 Å². The van der Waals surface area contributed by atoms with Crippen molar-refractivity contribution in [3.05, 3.63) is 0 Å². The first-order chi connectivity index (χ1) is 9.26. The molecule has 1 rings (SSSR count). The summed E-state index contributed by atoms with van der Waals surface area (Å²) < 4.78 is 5.17. The van der Waals surface area contributed by atoms with E-state index in [0.29, 0.717) is 30.3 Å². The van der Waals surface area contributed by atoms with Gasteiger partial charge in [-0.1, -0.05) is 40.5 Å². The van der Waals surface area contributed by atoms with Gasteiger partial charge in [-0.15, -0.1) is 0 Å². The summed E-state index contributed by atoms with van der Waals surface area (Å²) in [6.45, 7) is 10.7. The van der Waals surface area contributed by atoms with E-state index in [1.807, 2.05) is 0 Å². The van der Waals surface area contributed by atoms with Crippen LogP contribution in [0.2, 0.25) is 0 Å². The van der Waals surface area contributed by atoms with E-state index in [-0.39, 0.29) is 5.97 Å². The van der Waals surface area contributed by atoms with Gasteiger partial charge in [0.25, 0.3) is 0 Å². The maximum absolute atomic E-state index is 11.0. The van der Waals surface area contributed by atoms with E-state index in [1.54, 1.807) is 0 Å². The van der Waals surface area contributed by atoms with Crippen LogP contribution in [0.4, 0.5) is 0 Å². The normalized spacial score (nSPS) is 32.1. The third-order valence-electron chi connectivity index (χ3n) is 5.36. The number of esters is 1. The molecule has 1 fully saturated rings. The maximum Gasteiger partial charge on any atom is 0.302 e. The summed E-state index contributed by atoms with van der Waals surface area (Å²) in [5.74, 6) is 1.55. The van der Waals surface area contributed by atoms with Crippen molar-refractivity contribution in [3.8, 4) is 0 Å². The van der Waals surface area contributed by atoms with Gasteiger partial charge in [0.15, 0.2) is 0 Å². The predicted molar refractivity (Wildman–Crippen MR) is 81.3 cm³/mol. The van der Waals surface area contributed by atoms with Gasteiger partial charge in [-0.25, -0.2) is 0 Å². The molecular formula is C17H32O3. The molecule has 3 nitrogen and oxygen atoms in total. The van der Waals surface area contributed by atoms with Crippen LogP contribution in [0.5, 0.6) is 0 Å². The van der Waals surface area contributed by atoms with Crippen LogP contribution in [0.25, 0.3) is 0 Å². The van der Waals surface area contributed by atoms with E-state index >= 15 is 0 Å². The number of carbonyl (C=O) groups is 1. The number of ether oxygens (including phenoxy) is 1. The van der Waals surface area contributed by atoms with Crippen molar-refractivity contribution in [1.82, 2.24) is 0 Å². The highest BCUT2D eigenvalue weighted by molar-refractivity contribution is 5.65. The monoisotopic (exact) mass is 284 g/mol. The van der Waals surface area contributed by atoms with Crippen LogP contribution in [0.1, 0.15) is 66.7 Å². The first-order valence-corrected chi connectivity index (χ1v) is 8.12. The summed E-state index contributed by atoms with van der Waals surface area (Å²) in [6.07, 6.45) is 5.01. The summed E-state index contributed by atoms with van der Waals surface area (Å²) in [5, 5.41) is 10.9. The molecule has 0 aromatic heterocycles. The molecule has 0 aliphatic heterocycles. The number of hydrogen-bond acceptors (Lipinski definition) is 3. The average molecular weight is 284 g/mol. The van der Waals surface area contributed by atoms with Crippen molar-refractivity contribution < 1.29 is 14.6 Å². The second kappa shape index (κ2) is 7.44. The molecule has 0 spiro atoms. The van der Waals surface area contributed by atoms with Crippen molar-refractivity contribution in [2.75, 3.05) is 6.61 Å². The van der Waals surface area contributed by atoms with Crippen molar-refractivity contribution in [2.45, 2.75) is 72.3 Å². The van der Waals surface area contributed by atoms with Gasteiger partial charge in [0.2, 0.25) is 0 Å². The Kier molecular flexibility index (Phi) is 6.50. The lowest BCUT2D eigenvalue weighted by molar-refractivity contribution is -0.143. The molecule has 0 aromatic carbocycles. The maximum atomic E-state index is 11.0. The van der Waals surface area contributed by atoms with Gasteiger partial charge < -0.3 is 9.84 Å². The van der Waals surface area contributed by atoms with Gasteiger partial charge >= 0.3 is 5.97 Å². The van der Waals surface area contributed by atoms with Crippen LogP contribution >= 0.6 is 0 Å². The lowest BCUT2D eigenvalue weighted by atomic mass is 9.68. The van der Waals surface area contributed by atoms with Crippen LogP contribution in [0.15, 0.2) is 0 Å². The van der Waals surface area contributed by atoms with E-state index in [0.717, 1.165) is 25.7 Å². The molecule has 1 N–H and O–H groups in total. The minimum Gasteiger partial charge on any atom is -0.466 e. The van der Waals surface area contributed by atoms with E-state index in [4.69, 9.17) is 4.74 Å². The molecule has 0 unspecified atom stereocenters. The summed E-state index contributed by atoms with van der Waals surface area (Å²) in [6, 6.07) is 0. The van der Waals surface area contributed by atoms with Gasteiger partial charge in [0.05, 0.1) is 12.2 Å². The summed E-state index contributed by atoms with van der Waals surface area (Å²) >= 11 is 0. The Morgan fingerprint density at radius 2 is 2.05 bits per heavy atom. The first-order valence-electron chi connectivity index (χ1n) is 8.12. The summed E-state index contributed by atoms with van der Waals surface area (Å²) in [4.78, 5) is 11.0. The zero-order valence-electron chi connectivity index (χ0n) is 13.8. The smallest absolute Gasteiger partial charge is 0.302 e. The third-order valence-corrected chi connectivity index (χ3v) is 5.36. The van der Waals surface area contributed by atoms with Crippen LogP contribution in [0.3, 0.4) is 0 Å². The zero-order chi connectivity index (χ0) is 15.3. The standard InChI is InChI=1S/C17H32O3/c1-12(2)16(11-20-15(5)18)8-10-17(19)9-6-7-13(3)14(17)4/h12-14,16,19H,6-11H2,1-5H3/t13-,14+,16-,17+/m1/s1. The van der Waals surface area contributed by atoms with Gasteiger partial charge in [-0.2, -0.15) is 0 Å². The number of hydrogen-bond donors (Lipinski definition) is 1. The van der Waals surface area contributed by atoms with Gasteiger partial charge in [0.1, 0.15) is 0 Å². The highest BCUT2D eigenvalue weighted by Gasteiger charge is 2.39. The number of aliphatic hydroxyl groups is 1. The molecule has 118 valence electrons. The Balaban J connectivity index is 2.54. The molecule has 1 aliphatic carbocycles. The third kappa shape index (κ3) is 4.76. The quantitative estimate of drug-likeness (QED) is 0.755. The SMILES string of the molecule is CC(=O)OC[C@@H](CC[C@@]1(O)CCC[C@@H](C)[C@@H]1C)C(C)C. The van der Waals surface area contributed by atoms with Crippen molar-refractivity contribution in [1.29, 1.82) is 0 Å². The van der Waals surface area contributed by atoms with Crippen molar-refractivity contribution in [2.24, 2.45) is 23.7 Å². The minimum atomic E-state index is -0.527. The largest absolute Gasteiger partial charge is 0.466 e. The van der Waals surface area contributed by atoms with Gasteiger partial charge in [-0.05, 0) is 42.9 Å². The second-order valence-electron chi connectivity index (χ2n) is 7.11. The molecule has 0 radical (unpaired) electrons. The Labute approximate surface area is 124 Å². The summed E-state index contributed by atoms with van der Waals surface area (Å²) in [5.41, 5.74) is -0.527. The molecule has 4 atom stereocenters. The Morgan fingerprint density at radius 1 is 1.40 bits per heavy atom. The van der Waals surface area contributed by atoms with E-state index in [1.165, 1.54) is 13.3 Å². The van der Waals surface area contributed by atoms with Crippen LogP contribution in [0, 0.1) is 23.7 Å². The lowest BCUT2D eigenvalue weighted by Gasteiger charge is -2.43. The Morgan fingerprint density at radius 3 is 2.60 bits per heavy atom. The number of rotatable bonds is 6. The predicted octanol–water partition coefficient (Wildman–Crippen LogP) is 3.79. The molecule has 20 heavy (non-hydrogen) atoms. The topological polar surface area (TPSA) is 46.5 Å². The number of carbonyl (C=O) groups excluding carboxylic acids is 1. The Hall–Kier alpha value is -0.570. The molecule has 3 heteroatoms. The molecule has 0 aromatic rings. The second-order valence-corrected chi connectivity index (χ2v) is 7.11. The van der Waals surface area contributed by atoms with E-state index in [9.17, 15) is 9.90 Å². The molecule has 0 saturated heterocycles. The molecule has 0 bridgehead atoms. The van der Waals surface area contributed by atoms with E-state index < -0.39 is 5.60 Å². The van der Waals surface area contributed by atoms with E-state index in [2.05, 4.69) is 27.7 Å². The molecule has 0 amide bonds. The lowest BCUT2D eigenvalue weighted by Crippen LogP contribution is -2.43. The fourth-order valence-electron chi connectivity index (χ4n) is 3.36. The molecular weight excluding hydrogens is 252 g/mol. The average Bonchev–Trinajstić information content (AvgIpc) is 2.35. The van der Waals surface area contributed by atoms with Crippen LogP contribution in [-0.4, -0.2) is 23.3 Å². The van der Waals surface area contributed by atoms with Crippen LogP contribution in [-0.2, 0) is 9.53 Å². The molecule has 1 saturated carbocycles. The molecule has 1 aliphatic rings. The fourth-order valence-corrected chi connectivity index (χ4v) is 3.36. The fraction of sp³-hybridized carbons (Fsp3) is 0.941. The highest BCUT2D eigenvalue weighted by Crippen LogP contribution is 2.41. The highest BCUT2D eigenvalue weighted by atomic mass is 16.5. The summed E-state index contributed by atoms with van der Waals surface area (Å²) in [7, 11) is 0. The zero-order valence-corrected chi connectivity index (χ0v) is 13.8.